The molecule has 0 fully saturated rings. The molecule has 2 rings (SSSR count). The van der Waals surface area contributed by atoms with Gasteiger partial charge in [0.2, 0.25) is 0 Å². The van der Waals surface area contributed by atoms with E-state index in [-0.39, 0.29) is 0 Å². The van der Waals surface area contributed by atoms with Gasteiger partial charge < -0.3 is 10.1 Å². The zero-order chi connectivity index (χ0) is 12.3. The van der Waals surface area contributed by atoms with Gasteiger partial charge in [0.1, 0.15) is 5.75 Å². The Morgan fingerprint density at radius 1 is 1.53 bits per heavy atom. The number of nitrogens with one attached hydrogen (secondary N) is 2. The Hall–Kier alpha value is -1.48. The Balaban J connectivity index is 2.09. The van der Waals surface area contributed by atoms with E-state index in [1.54, 1.807) is 13.3 Å². The number of hydrogen-bond donors (Lipinski definition) is 2. The van der Waals surface area contributed by atoms with Crippen molar-refractivity contribution in [3.8, 4) is 5.75 Å². The maximum absolute atomic E-state index is 7.84. The van der Waals surface area contributed by atoms with Crippen molar-refractivity contribution in [3.63, 3.8) is 0 Å². The molecule has 2 unspecified atom stereocenters. The van der Waals surface area contributed by atoms with Gasteiger partial charge in [0.25, 0.3) is 0 Å². The van der Waals surface area contributed by atoms with E-state index in [2.05, 4.69) is 10.6 Å². The quantitative estimate of drug-likeness (QED) is 0.781. The molecule has 0 amide bonds. The molecule has 2 atom stereocenters. The Morgan fingerprint density at radius 2 is 2.47 bits per heavy atom. The summed E-state index contributed by atoms with van der Waals surface area (Å²) in [6.45, 7) is -1.11. The lowest BCUT2D eigenvalue weighted by Gasteiger charge is -2.15. The molecule has 1 aromatic rings. The van der Waals surface area contributed by atoms with Crippen LogP contribution in [0.3, 0.4) is 0 Å². The fourth-order valence-electron chi connectivity index (χ4n) is 1.51. The van der Waals surface area contributed by atoms with Crippen LogP contribution in [0.1, 0.15) is 8.30 Å². The van der Waals surface area contributed by atoms with E-state index in [9.17, 15) is 0 Å². The van der Waals surface area contributed by atoms with Crippen LogP contribution in [0.25, 0.3) is 0 Å². The van der Waals surface area contributed by atoms with E-state index >= 15 is 0 Å². The third kappa shape index (κ3) is 2.73. The summed E-state index contributed by atoms with van der Waals surface area (Å²) < 4.78 is 20.4. The third-order valence-corrected chi connectivity index (χ3v) is 2.25. The second kappa shape index (κ2) is 4.84. The van der Waals surface area contributed by atoms with E-state index in [4.69, 9.17) is 7.48 Å². The molecule has 1 aromatic carbocycles. The van der Waals surface area contributed by atoms with Crippen LogP contribution < -0.4 is 15.4 Å². The normalized spacial score (nSPS) is 27.1. The van der Waals surface area contributed by atoms with Gasteiger partial charge in [0.05, 0.1) is 15.1 Å². The van der Waals surface area contributed by atoms with Crippen molar-refractivity contribution in [1.82, 2.24) is 10.6 Å². The topological polar surface area (TPSA) is 33.3 Å². The zero-order valence-corrected chi connectivity index (χ0v) is 8.66. The van der Waals surface area contributed by atoms with Crippen LogP contribution in [0.4, 0.5) is 0 Å². The molecule has 0 aromatic heterocycles. The molecule has 0 bridgehead atoms. The maximum Gasteiger partial charge on any atom is 0.119 e. The average Bonchev–Trinajstić information content (AvgIpc) is 2.33. The summed E-state index contributed by atoms with van der Waals surface area (Å²) in [7, 11) is 1.64. The Kier molecular flexibility index (Phi) is 2.51. The monoisotopic (exact) mass is 206 g/mol. The number of hydrogen-bond acceptors (Lipinski definition) is 3. The van der Waals surface area contributed by atoms with Crippen molar-refractivity contribution in [2.45, 2.75) is 6.42 Å². The van der Waals surface area contributed by atoms with Crippen molar-refractivity contribution >= 4 is 0 Å². The molecule has 1 aliphatic rings. The number of benzene rings is 1. The van der Waals surface area contributed by atoms with Crippen LogP contribution in [-0.4, -0.2) is 20.3 Å². The fourth-order valence-corrected chi connectivity index (χ4v) is 1.51. The van der Waals surface area contributed by atoms with Crippen molar-refractivity contribution in [3.05, 3.63) is 41.6 Å². The number of ether oxygens (including phenoxy) is 1. The zero-order valence-electron chi connectivity index (χ0n) is 10.7. The van der Waals surface area contributed by atoms with Gasteiger partial charge in [-0.2, -0.15) is 0 Å². The van der Waals surface area contributed by atoms with Crippen LogP contribution in [0, 0.1) is 0 Å². The Labute approximate surface area is 92.9 Å². The van der Waals surface area contributed by atoms with Gasteiger partial charge in [-0.15, -0.1) is 0 Å². The molecule has 0 saturated heterocycles. The SMILES string of the molecule is [2H]C1NC=C(Cc2cccc(OC)c2)C([2H])N1. The summed E-state index contributed by atoms with van der Waals surface area (Å²) in [5, 5.41) is 5.65. The minimum Gasteiger partial charge on any atom is -0.497 e. The summed E-state index contributed by atoms with van der Waals surface area (Å²) in [6.07, 6.45) is 2.43. The van der Waals surface area contributed by atoms with Crippen molar-refractivity contribution in [2.75, 3.05) is 20.3 Å². The lowest BCUT2D eigenvalue weighted by molar-refractivity contribution is 0.414. The summed E-state index contributed by atoms with van der Waals surface area (Å²) in [6, 6.07) is 7.79. The van der Waals surface area contributed by atoms with E-state index < -0.39 is 13.2 Å². The smallest absolute Gasteiger partial charge is 0.119 e. The second-order valence-corrected chi connectivity index (χ2v) is 3.37. The molecule has 3 heteroatoms. The van der Waals surface area contributed by atoms with Crippen LogP contribution in [0.5, 0.6) is 5.75 Å². The highest BCUT2D eigenvalue weighted by Crippen LogP contribution is 2.15. The van der Waals surface area contributed by atoms with Crippen molar-refractivity contribution in [1.29, 1.82) is 0 Å². The highest BCUT2D eigenvalue weighted by Gasteiger charge is 2.03. The summed E-state index contributed by atoms with van der Waals surface area (Å²) in [5.41, 5.74) is 2.02. The van der Waals surface area contributed by atoms with Gasteiger partial charge in [-0.05, 0) is 35.9 Å². The summed E-state index contributed by atoms with van der Waals surface area (Å²) >= 11 is 0. The largest absolute Gasteiger partial charge is 0.497 e. The highest BCUT2D eigenvalue weighted by molar-refractivity contribution is 5.31. The maximum atomic E-state index is 7.84. The van der Waals surface area contributed by atoms with Crippen LogP contribution in [0.2, 0.25) is 0 Å². The molecule has 0 spiro atoms. The predicted molar refractivity (Wildman–Crippen MR) is 60.8 cm³/mol. The van der Waals surface area contributed by atoms with Gasteiger partial charge in [0.15, 0.2) is 0 Å². The minimum atomic E-state index is -0.591. The van der Waals surface area contributed by atoms with E-state index in [1.165, 1.54) is 0 Å². The first kappa shape index (κ1) is 7.77. The second-order valence-electron chi connectivity index (χ2n) is 3.37. The first-order valence-electron chi connectivity index (χ1n) is 6.03. The Morgan fingerprint density at radius 3 is 3.27 bits per heavy atom. The molecule has 1 heterocycles. The van der Waals surface area contributed by atoms with Gasteiger partial charge in [0, 0.05) is 7.89 Å². The van der Waals surface area contributed by atoms with Crippen molar-refractivity contribution in [2.24, 2.45) is 0 Å². The third-order valence-electron chi connectivity index (χ3n) is 2.25. The Bertz CT molecular complexity index is 423. The van der Waals surface area contributed by atoms with Crippen molar-refractivity contribution < 1.29 is 7.48 Å². The predicted octanol–water partition coefficient (Wildman–Crippen LogP) is 1.27. The van der Waals surface area contributed by atoms with E-state index in [0.717, 1.165) is 16.9 Å². The molecular formula is C12H16N2O. The van der Waals surface area contributed by atoms with E-state index in [1.807, 2.05) is 24.3 Å². The van der Waals surface area contributed by atoms with Gasteiger partial charge >= 0.3 is 0 Å². The van der Waals surface area contributed by atoms with Crippen LogP contribution in [-0.2, 0) is 6.42 Å². The molecular weight excluding hydrogens is 188 g/mol. The standard InChI is InChI=1S/C12H16N2O/c1-15-12-4-2-3-10(6-12)5-11-7-13-9-14-8-11/h2-4,6-7,13-14H,5,8-9H2,1H3/i8D,9D. The lowest BCUT2D eigenvalue weighted by Crippen LogP contribution is -2.33. The summed E-state index contributed by atoms with van der Waals surface area (Å²) in [5.74, 6) is 0.819. The fraction of sp³-hybridized carbons (Fsp3) is 0.333. The van der Waals surface area contributed by atoms with Crippen LogP contribution in [0.15, 0.2) is 36.0 Å². The van der Waals surface area contributed by atoms with Gasteiger partial charge in [-0.3, -0.25) is 5.32 Å². The molecule has 80 valence electrons. The molecule has 1 aliphatic heterocycles. The van der Waals surface area contributed by atoms with Gasteiger partial charge in [-0.25, -0.2) is 0 Å². The molecule has 0 aliphatic carbocycles. The molecule has 2 N–H and O–H groups in total. The number of rotatable bonds is 3. The van der Waals surface area contributed by atoms with Crippen LogP contribution >= 0.6 is 0 Å². The lowest BCUT2D eigenvalue weighted by atomic mass is 10.1. The first-order valence-corrected chi connectivity index (χ1v) is 4.87. The molecule has 0 saturated carbocycles. The van der Waals surface area contributed by atoms with Gasteiger partial charge in [-0.1, -0.05) is 12.1 Å². The molecule has 0 radical (unpaired) electrons. The highest BCUT2D eigenvalue weighted by atomic mass is 16.5. The molecule has 3 nitrogen and oxygen atoms in total. The summed E-state index contributed by atoms with van der Waals surface area (Å²) in [4.78, 5) is 0. The van der Waals surface area contributed by atoms with E-state index in [0.29, 0.717) is 6.42 Å². The number of methoxy groups -OCH3 is 1. The minimum absolute atomic E-state index is 0.523. The average molecular weight is 206 g/mol. The first-order chi connectivity index (χ1) is 8.19. The molecule has 15 heavy (non-hydrogen) atoms.